The van der Waals surface area contributed by atoms with Crippen molar-refractivity contribution < 1.29 is 19.1 Å². The Morgan fingerprint density at radius 3 is 2.21 bits per heavy atom. The van der Waals surface area contributed by atoms with E-state index in [1.165, 1.54) is 0 Å². The molecule has 7 nitrogen and oxygen atoms in total. The van der Waals surface area contributed by atoms with Crippen LogP contribution in [0.2, 0.25) is 0 Å². The summed E-state index contributed by atoms with van der Waals surface area (Å²) in [5, 5.41) is 5.57. The molecule has 3 amide bonds. The number of nitrogens with zero attached hydrogens (tertiary/aromatic N) is 1. The predicted molar refractivity (Wildman–Crippen MR) is 135 cm³/mol. The highest BCUT2D eigenvalue weighted by Crippen LogP contribution is 2.24. The minimum Gasteiger partial charge on any atom is -0.444 e. The SMILES string of the molecule is C#Cc1ccc(C(C(=O)NCCCC)N(CCCCC)C(=O)C(C)NC(=O)OC(C)(C)C)cc1. The van der Waals surface area contributed by atoms with Crippen molar-refractivity contribution in [3.63, 3.8) is 0 Å². The predicted octanol–water partition coefficient (Wildman–Crippen LogP) is 4.56. The molecule has 0 bridgehead atoms. The van der Waals surface area contributed by atoms with E-state index in [1.54, 1.807) is 56.9 Å². The van der Waals surface area contributed by atoms with Crippen LogP contribution in [0.25, 0.3) is 0 Å². The number of ether oxygens (including phenoxy) is 1. The molecule has 2 unspecified atom stereocenters. The Hall–Kier alpha value is -3.01. The van der Waals surface area contributed by atoms with Crippen LogP contribution >= 0.6 is 0 Å². The molecule has 34 heavy (non-hydrogen) atoms. The monoisotopic (exact) mass is 471 g/mol. The summed E-state index contributed by atoms with van der Waals surface area (Å²) in [6.07, 6.45) is 9.22. The smallest absolute Gasteiger partial charge is 0.408 e. The summed E-state index contributed by atoms with van der Waals surface area (Å²) >= 11 is 0. The molecule has 188 valence electrons. The van der Waals surface area contributed by atoms with Gasteiger partial charge in [0.05, 0.1) is 0 Å². The highest BCUT2D eigenvalue weighted by Gasteiger charge is 2.34. The molecular formula is C27H41N3O4. The number of carbonyl (C=O) groups excluding carboxylic acids is 3. The summed E-state index contributed by atoms with van der Waals surface area (Å²) in [4.78, 5) is 40.7. The third-order valence-electron chi connectivity index (χ3n) is 5.17. The van der Waals surface area contributed by atoms with E-state index < -0.39 is 23.8 Å². The van der Waals surface area contributed by atoms with E-state index in [1.807, 2.05) is 6.92 Å². The van der Waals surface area contributed by atoms with Crippen LogP contribution in [0, 0.1) is 12.3 Å². The maximum atomic E-state index is 13.6. The molecule has 1 rings (SSSR count). The van der Waals surface area contributed by atoms with Crippen molar-refractivity contribution in [1.82, 2.24) is 15.5 Å². The number of terminal acetylenes is 1. The lowest BCUT2D eigenvalue weighted by molar-refractivity contribution is -0.142. The first-order chi connectivity index (χ1) is 16.0. The van der Waals surface area contributed by atoms with Gasteiger partial charge in [-0.05, 0) is 58.2 Å². The largest absolute Gasteiger partial charge is 0.444 e. The number of nitrogens with one attached hydrogen (secondary N) is 2. The van der Waals surface area contributed by atoms with Crippen LogP contribution in [0.15, 0.2) is 24.3 Å². The maximum Gasteiger partial charge on any atom is 0.408 e. The van der Waals surface area contributed by atoms with Gasteiger partial charge in [-0.3, -0.25) is 9.59 Å². The average Bonchev–Trinajstić information content (AvgIpc) is 2.77. The molecule has 1 aromatic carbocycles. The molecular weight excluding hydrogens is 430 g/mol. The number of rotatable bonds is 12. The van der Waals surface area contributed by atoms with Crippen molar-refractivity contribution in [1.29, 1.82) is 0 Å². The number of benzene rings is 1. The molecule has 0 saturated heterocycles. The zero-order valence-electron chi connectivity index (χ0n) is 21.6. The number of amides is 3. The van der Waals surface area contributed by atoms with Crippen molar-refractivity contribution in [2.24, 2.45) is 0 Å². The summed E-state index contributed by atoms with van der Waals surface area (Å²) in [6, 6.07) is 5.39. The van der Waals surface area contributed by atoms with Gasteiger partial charge in [-0.25, -0.2) is 4.79 Å². The van der Waals surface area contributed by atoms with Crippen molar-refractivity contribution in [2.45, 2.75) is 91.3 Å². The number of carbonyl (C=O) groups is 3. The molecule has 7 heteroatoms. The Kier molecular flexibility index (Phi) is 12.2. The molecule has 2 N–H and O–H groups in total. The van der Waals surface area contributed by atoms with Crippen LogP contribution in [0.5, 0.6) is 0 Å². The van der Waals surface area contributed by atoms with Gasteiger partial charge < -0.3 is 20.3 Å². The van der Waals surface area contributed by atoms with Gasteiger partial charge in [-0.1, -0.05) is 51.2 Å². The standard InChI is InChI=1S/C27H41N3O4/c1-8-11-13-19-30(25(32)20(4)29-26(33)34-27(5,6)7)23(24(31)28-18-12-9-2)22-16-14-21(10-3)15-17-22/h3,14-17,20,23H,8-9,11-13,18-19H2,1-2,4-7H3,(H,28,31)(H,29,33). The number of alkyl carbamates (subject to hydrolysis) is 1. The zero-order chi connectivity index (χ0) is 25.7. The van der Waals surface area contributed by atoms with Gasteiger partial charge in [-0.15, -0.1) is 6.42 Å². The van der Waals surface area contributed by atoms with E-state index >= 15 is 0 Å². The van der Waals surface area contributed by atoms with Gasteiger partial charge in [0.25, 0.3) is 0 Å². The van der Waals surface area contributed by atoms with Crippen LogP contribution in [0.3, 0.4) is 0 Å². The van der Waals surface area contributed by atoms with Crippen LogP contribution in [0.1, 0.15) is 90.8 Å². The fraction of sp³-hybridized carbons (Fsp3) is 0.593. The molecule has 1 aromatic rings. The van der Waals surface area contributed by atoms with Gasteiger partial charge in [-0.2, -0.15) is 0 Å². The first kappa shape index (κ1) is 29.0. The molecule has 0 spiro atoms. The fourth-order valence-electron chi connectivity index (χ4n) is 3.41. The summed E-state index contributed by atoms with van der Waals surface area (Å²) in [5.41, 5.74) is 0.675. The van der Waals surface area contributed by atoms with E-state index in [-0.39, 0.29) is 11.8 Å². The number of hydrogen-bond acceptors (Lipinski definition) is 4. The molecule has 2 atom stereocenters. The Balaban J connectivity index is 3.27. The topological polar surface area (TPSA) is 87.7 Å². The Bertz CT molecular complexity index is 837. The molecule has 0 heterocycles. The van der Waals surface area contributed by atoms with Crippen LogP contribution in [-0.2, 0) is 14.3 Å². The highest BCUT2D eigenvalue weighted by molar-refractivity contribution is 5.92. The van der Waals surface area contributed by atoms with Gasteiger partial charge in [0.2, 0.25) is 11.8 Å². The maximum absolute atomic E-state index is 13.6. The van der Waals surface area contributed by atoms with E-state index in [0.29, 0.717) is 24.2 Å². The first-order valence-electron chi connectivity index (χ1n) is 12.2. The van der Waals surface area contributed by atoms with Crippen molar-refractivity contribution >= 4 is 17.9 Å². The molecule has 0 saturated carbocycles. The number of hydrogen-bond donors (Lipinski definition) is 2. The molecule has 0 aliphatic heterocycles. The van der Waals surface area contributed by atoms with Crippen LogP contribution < -0.4 is 10.6 Å². The summed E-state index contributed by atoms with van der Waals surface area (Å²) in [7, 11) is 0. The van der Waals surface area contributed by atoms with E-state index in [4.69, 9.17) is 11.2 Å². The van der Waals surface area contributed by atoms with Gasteiger partial charge >= 0.3 is 6.09 Å². The highest BCUT2D eigenvalue weighted by atomic mass is 16.6. The Morgan fingerprint density at radius 2 is 1.68 bits per heavy atom. The van der Waals surface area contributed by atoms with Crippen molar-refractivity contribution in [3.05, 3.63) is 35.4 Å². The quantitative estimate of drug-likeness (QED) is 0.346. The zero-order valence-corrected chi connectivity index (χ0v) is 21.6. The normalized spacial score (nSPS) is 12.7. The second kappa shape index (κ2) is 14.3. The third kappa shape index (κ3) is 9.86. The summed E-state index contributed by atoms with van der Waals surface area (Å²) in [6.45, 7) is 11.9. The van der Waals surface area contributed by atoms with Crippen molar-refractivity contribution in [2.75, 3.05) is 13.1 Å². The minimum atomic E-state index is -0.868. The lowest BCUT2D eigenvalue weighted by Crippen LogP contribution is -2.52. The van der Waals surface area contributed by atoms with Crippen molar-refractivity contribution in [3.8, 4) is 12.3 Å². The summed E-state index contributed by atoms with van der Waals surface area (Å²) < 4.78 is 5.30. The third-order valence-corrected chi connectivity index (χ3v) is 5.17. The van der Waals surface area contributed by atoms with E-state index in [9.17, 15) is 14.4 Å². The van der Waals surface area contributed by atoms with E-state index in [0.717, 1.165) is 32.1 Å². The fourth-order valence-corrected chi connectivity index (χ4v) is 3.41. The van der Waals surface area contributed by atoms with Crippen LogP contribution in [0.4, 0.5) is 4.79 Å². The molecule has 0 aromatic heterocycles. The molecule has 0 aliphatic carbocycles. The molecule has 0 aliphatic rings. The van der Waals surface area contributed by atoms with Gasteiger partial charge in [0.1, 0.15) is 17.7 Å². The second-order valence-corrected chi connectivity index (χ2v) is 9.42. The Morgan fingerprint density at radius 1 is 1.06 bits per heavy atom. The van der Waals surface area contributed by atoms with Gasteiger partial charge in [0.15, 0.2) is 0 Å². The van der Waals surface area contributed by atoms with E-state index in [2.05, 4.69) is 23.5 Å². The second-order valence-electron chi connectivity index (χ2n) is 9.42. The van der Waals surface area contributed by atoms with Crippen LogP contribution in [-0.4, -0.2) is 47.5 Å². The minimum absolute atomic E-state index is 0.253. The lowest BCUT2D eigenvalue weighted by Gasteiger charge is -2.33. The summed E-state index contributed by atoms with van der Waals surface area (Å²) in [5.74, 6) is 1.97. The molecule has 0 radical (unpaired) electrons. The Labute approximate surface area is 205 Å². The van der Waals surface area contributed by atoms with Gasteiger partial charge in [0, 0.05) is 18.7 Å². The number of unbranched alkanes of at least 4 members (excludes halogenated alkanes) is 3. The average molecular weight is 472 g/mol. The first-order valence-corrected chi connectivity index (χ1v) is 12.2. The lowest BCUT2D eigenvalue weighted by atomic mass is 10.0. The molecule has 0 fully saturated rings.